The van der Waals surface area contributed by atoms with Gasteiger partial charge < -0.3 is 19.9 Å². The van der Waals surface area contributed by atoms with Crippen LogP contribution >= 0.6 is 0 Å². The molecule has 0 aliphatic carbocycles. The van der Waals surface area contributed by atoms with Gasteiger partial charge in [0.05, 0.1) is 19.0 Å². The molecule has 1 aromatic heterocycles. The maximum atomic E-state index is 12.6. The Kier molecular flexibility index (Phi) is 6.01. The molecule has 0 atom stereocenters. The van der Waals surface area contributed by atoms with Crippen molar-refractivity contribution in [3.8, 4) is 0 Å². The first-order chi connectivity index (χ1) is 12.7. The summed E-state index contributed by atoms with van der Waals surface area (Å²) in [5.41, 5.74) is 2.84. The van der Waals surface area contributed by atoms with E-state index >= 15 is 0 Å². The van der Waals surface area contributed by atoms with Crippen LogP contribution in [-0.4, -0.2) is 67.2 Å². The molecule has 2 aromatic rings. The van der Waals surface area contributed by atoms with E-state index in [1.807, 2.05) is 4.90 Å². The van der Waals surface area contributed by atoms with Gasteiger partial charge in [0.2, 0.25) is 0 Å². The summed E-state index contributed by atoms with van der Waals surface area (Å²) in [4.78, 5) is 25.3. The summed E-state index contributed by atoms with van der Waals surface area (Å²) in [6.45, 7) is 6.34. The summed E-state index contributed by atoms with van der Waals surface area (Å²) in [6.07, 6.45) is 3.12. The van der Waals surface area contributed by atoms with Gasteiger partial charge in [-0.15, -0.1) is 0 Å². The van der Waals surface area contributed by atoms with E-state index in [0.29, 0.717) is 37.8 Å². The van der Waals surface area contributed by atoms with E-state index in [2.05, 4.69) is 51.4 Å². The third-order valence-corrected chi connectivity index (χ3v) is 4.42. The SMILES string of the molecule is COCCNc1cnc(C(=O)N2CCN(c3cccc(C)c3)CC2)cn1. The van der Waals surface area contributed by atoms with E-state index in [1.54, 1.807) is 13.3 Å². The number of ether oxygens (including phenoxy) is 1. The van der Waals surface area contributed by atoms with Crippen LogP contribution in [-0.2, 0) is 4.74 Å². The zero-order valence-corrected chi connectivity index (χ0v) is 15.3. The molecule has 1 amide bonds. The highest BCUT2D eigenvalue weighted by Crippen LogP contribution is 2.18. The highest BCUT2D eigenvalue weighted by molar-refractivity contribution is 5.92. The van der Waals surface area contributed by atoms with Gasteiger partial charge >= 0.3 is 0 Å². The van der Waals surface area contributed by atoms with Crippen molar-refractivity contribution in [2.24, 2.45) is 0 Å². The largest absolute Gasteiger partial charge is 0.383 e. The summed E-state index contributed by atoms with van der Waals surface area (Å²) in [5.74, 6) is 0.577. The minimum atomic E-state index is -0.0650. The van der Waals surface area contributed by atoms with Gasteiger partial charge in [0.25, 0.3) is 5.91 Å². The van der Waals surface area contributed by atoms with Crippen molar-refractivity contribution in [3.05, 3.63) is 47.9 Å². The topological polar surface area (TPSA) is 70.6 Å². The van der Waals surface area contributed by atoms with Crippen LogP contribution < -0.4 is 10.2 Å². The van der Waals surface area contributed by atoms with Crippen molar-refractivity contribution in [1.82, 2.24) is 14.9 Å². The van der Waals surface area contributed by atoms with Gasteiger partial charge in [0.1, 0.15) is 11.5 Å². The highest BCUT2D eigenvalue weighted by atomic mass is 16.5. The molecular formula is C19H25N5O2. The van der Waals surface area contributed by atoms with Gasteiger partial charge in [-0.25, -0.2) is 9.97 Å². The quantitative estimate of drug-likeness (QED) is 0.797. The van der Waals surface area contributed by atoms with Gasteiger partial charge in [0, 0.05) is 45.5 Å². The second-order valence-corrected chi connectivity index (χ2v) is 6.32. The average Bonchev–Trinajstić information content (AvgIpc) is 2.68. The molecule has 0 unspecified atom stereocenters. The lowest BCUT2D eigenvalue weighted by Gasteiger charge is -2.36. The molecular weight excluding hydrogens is 330 g/mol. The third-order valence-electron chi connectivity index (χ3n) is 4.42. The number of carbonyl (C=O) groups excluding carboxylic acids is 1. The van der Waals surface area contributed by atoms with Crippen LogP contribution in [0.4, 0.5) is 11.5 Å². The first-order valence-electron chi connectivity index (χ1n) is 8.83. The zero-order valence-electron chi connectivity index (χ0n) is 15.3. The molecule has 1 N–H and O–H groups in total. The smallest absolute Gasteiger partial charge is 0.274 e. The normalized spacial score (nSPS) is 14.4. The Morgan fingerprint density at radius 1 is 1.19 bits per heavy atom. The first-order valence-corrected chi connectivity index (χ1v) is 8.83. The average molecular weight is 355 g/mol. The second kappa shape index (κ2) is 8.62. The van der Waals surface area contributed by atoms with Crippen molar-refractivity contribution in [2.75, 3.05) is 56.7 Å². The fourth-order valence-corrected chi connectivity index (χ4v) is 2.97. The third kappa shape index (κ3) is 4.49. The number of hydrogen-bond acceptors (Lipinski definition) is 6. The number of aromatic nitrogens is 2. The second-order valence-electron chi connectivity index (χ2n) is 6.32. The number of anilines is 2. The molecule has 0 spiro atoms. The van der Waals surface area contributed by atoms with Gasteiger partial charge in [-0.1, -0.05) is 12.1 Å². The van der Waals surface area contributed by atoms with Crippen molar-refractivity contribution >= 4 is 17.4 Å². The standard InChI is InChI=1S/C19H25N5O2/c1-15-4-3-5-16(12-15)23-7-9-24(10-8-23)19(25)17-13-22-18(14-21-17)20-6-11-26-2/h3-5,12-14H,6-11H2,1-2H3,(H,20,22). The predicted octanol–water partition coefficient (Wildman–Crippen LogP) is 1.81. The summed E-state index contributed by atoms with van der Waals surface area (Å²) in [7, 11) is 1.65. The molecule has 0 saturated carbocycles. The van der Waals surface area contributed by atoms with E-state index in [0.717, 1.165) is 13.1 Å². The Morgan fingerprint density at radius 3 is 2.65 bits per heavy atom. The minimum Gasteiger partial charge on any atom is -0.383 e. The zero-order chi connectivity index (χ0) is 18.4. The lowest BCUT2D eigenvalue weighted by molar-refractivity contribution is 0.0740. The molecule has 0 radical (unpaired) electrons. The van der Waals surface area contributed by atoms with Gasteiger partial charge in [-0.2, -0.15) is 0 Å². The first kappa shape index (κ1) is 18.1. The number of nitrogens with one attached hydrogen (secondary N) is 1. The number of hydrogen-bond donors (Lipinski definition) is 1. The van der Waals surface area contributed by atoms with Crippen molar-refractivity contribution in [1.29, 1.82) is 0 Å². The van der Waals surface area contributed by atoms with Crippen LogP contribution in [0.2, 0.25) is 0 Å². The summed E-state index contributed by atoms with van der Waals surface area (Å²) < 4.78 is 4.98. The van der Waals surface area contributed by atoms with Crippen molar-refractivity contribution < 1.29 is 9.53 Å². The maximum Gasteiger partial charge on any atom is 0.274 e. The number of amides is 1. The molecule has 0 bridgehead atoms. The number of piperazine rings is 1. The fourth-order valence-electron chi connectivity index (χ4n) is 2.97. The number of aryl methyl sites for hydroxylation is 1. The van der Waals surface area contributed by atoms with Crippen molar-refractivity contribution in [2.45, 2.75) is 6.92 Å². The van der Waals surface area contributed by atoms with Crippen LogP contribution in [0.25, 0.3) is 0 Å². The van der Waals surface area contributed by atoms with Gasteiger partial charge in [-0.05, 0) is 24.6 Å². The van der Waals surface area contributed by atoms with Crippen LogP contribution in [0.15, 0.2) is 36.7 Å². The van der Waals surface area contributed by atoms with Crippen LogP contribution in [0, 0.1) is 6.92 Å². The van der Waals surface area contributed by atoms with Crippen LogP contribution in [0.5, 0.6) is 0 Å². The molecule has 7 heteroatoms. The van der Waals surface area contributed by atoms with E-state index < -0.39 is 0 Å². The molecule has 3 rings (SSSR count). The van der Waals surface area contributed by atoms with Crippen LogP contribution in [0.1, 0.15) is 16.1 Å². The van der Waals surface area contributed by atoms with Gasteiger partial charge in [0.15, 0.2) is 0 Å². The summed E-state index contributed by atoms with van der Waals surface area (Å²) >= 11 is 0. The van der Waals surface area contributed by atoms with E-state index in [-0.39, 0.29) is 5.91 Å². The summed E-state index contributed by atoms with van der Waals surface area (Å²) in [6, 6.07) is 8.46. The van der Waals surface area contributed by atoms with Gasteiger partial charge in [-0.3, -0.25) is 4.79 Å². The Balaban J connectivity index is 1.54. The molecule has 1 fully saturated rings. The molecule has 7 nitrogen and oxygen atoms in total. The molecule has 2 heterocycles. The summed E-state index contributed by atoms with van der Waals surface area (Å²) in [5, 5.41) is 3.09. The Labute approximate surface area is 154 Å². The Morgan fingerprint density at radius 2 is 2.00 bits per heavy atom. The number of nitrogens with zero attached hydrogens (tertiary/aromatic N) is 4. The molecule has 26 heavy (non-hydrogen) atoms. The van der Waals surface area contributed by atoms with Crippen molar-refractivity contribution in [3.63, 3.8) is 0 Å². The molecule has 1 aliphatic heterocycles. The van der Waals surface area contributed by atoms with E-state index in [1.165, 1.54) is 17.4 Å². The molecule has 1 aliphatic rings. The minimum absolute atomic E-state index is 0.0650. The molecule has 138 valence electrons. The lowest BCUT2D eigenvalue weighted by atomic mass is 10.2. The number of rotatable bonds is 6. The number of benzene rings is 1. The van der Waals surface area contributed by atoms with E-state index in [9.17, 15) is 4.79 Å². The Bertz CT molecular complexity index is 727. The fraction of sp³-hybridized carbons (Fsp3) is 0.421. The monoisotopic (exact) mass is 355 g/mol. The molecule has 1 saturated heterocycles. The number of methoxy groups -OCH3 is 1. The van der Waals surface area contributed by atoms with E-state index in [4.69, 9.17) is 4.74 Å². The molecule has 1 aromatic carbocycles. The predicted molar refractivity (Wildman–Crippen MR) is 102 cm³/mol. The highest BCUT2D eigenvalue weighted by Gasteiger charge is 2.23. The number of carbonyl (C=O) groups is 1. The Hall–Kier alpha value is -2.67. The van der Waals surface area contributed by atoms with Crippen LogP contribution in [0.3, 0.4) is 0 Å². The maximum absolute atomic E-state index is 12.6. The lowest BCUT2D eigenvalue weighted by Crippen LogP contribution is -2.49.